The molecule has 1 N–H and O–H groups in total. The molecule has 1 aliphatic carbocycles. The van der Waals surface area contributed by atoms with E-state index in [0.29, 0.717) is 24.0 Å². The summed E-state index contributed by atoms with van der Waals surface area (Å²) in [4.78, 5) is 35.7. The number of carbonyl (C=O) groups is 2. The zero-order valence-electron chi connectivity index (χ0n) is 18.2. The predicted octanol–water partition coefficient (Wildman–Crippen LogP) is 1.09. The van der Waals surface area contributed by atoms with Crippen LogP contribution in [0.5, 0.6) is 0 Å². The molecule has 5 rings (SSSR count). The van der Waals surface area contributed by atoms with Gasteiger partial charge >= 0.3 is 5.97 Å². The van der Waals surface area contributed by atoms with Crippen LogP contribution in [0, 0.1) is 5.41 Å². The number of rotatable bonds is 5. The summed E-state index contributed by atoms with van der Waals surface area (Å²) in [7, 11) is 0. The number of hydrogen-bond acceptors (Lipinski definition) is 9. The van der Waals surface area contributed by atoms with E-state index in [-0.39, 0.29) is 29.9 Å². The third-order valence-electron chi connectivity index (χ3n) is 7.03. The van der Waals surface area contributed by atoms with Gasteiger partial charge in [0.2, 0.25) is 5.91 Å². The third-order valence-corrected chi connectivity index (χ3v) is 7.03. The van der Waals surface area contributed by atoms with Crippen molar-refractivity contribution in [3.8, 4) is 5.82 Å². The summed E-state index contributed by atoms with van der Waals surface area (Å²) in [5.41, 5.74) is 1.84. The monoisotopic (exact) mass is 438 g/mol. The van der Waals surface area contributed by atoms with Gasteiger partial charge in [-0.05, 0) is 56.4 Å². The second-order valence-electron chi connectivity index (χ2n) is 8.85. The van der Waals surface area contributed by atoms with Crippen LogP contribution in [0.3, 0.4) is 0 Å². The average Bonchev–Trinajstić information content (AvgIpc) is 3.53. The lowest BCUT2D eigenvalue weighted by Gasteiger charge is -2.37. The molecule has 2 aliphatic heterocycles. The van der Waals surface area contributed by atoms with E-state index in [1.165, 1.54) is 11.0 Å². The second-order valence-corrected chi connectivity index (χ2v) is 8.85. The fraction of sp³-hybridized carbons (Fsp3) is 0.571. The highest BCUT2D eigenvalue weighted by molar-refractivity contribution is 5.94. The molecule has 3 aliphatic rings. The van der Waals surface area contributed by atoms with Crippen LogP contribution in [0.2, 0.25) is 0 Å². The number of nitrogens with one attached hydrogen (secondary N) is 1. The molecule has 0 bridgehead atoms. The SMILES string of the molecule is CC1=C(N2CC[C@]3(CC[C@@H](NC(C)c4cnc(-n5cnnn5)cn4)CC3)C2=O)COC1=O. The van der Waals surface area contributed by atoms with E-state index < -0.39 is 0 Å². The summed E-state index contributed by atoms with van der Waals surface area (Å²) in [6.45, 7) is 4.69. The molecule has 11 nitrogen and oxygen atoms in total. The van der Waals surface area contributed by atoms with Crippen LogP contribution in [0.15, 0.2) is 30.0 Å². The Bertz CT molecular complexity index is 1040. The Labute approximate surface area is 185 Å². The maximum absolute atomic E-state index is 13.3. The molecular formula is C21H26N8O3. The normalized spacial score (nSPS) is 26.8. The highest BCUT2D eigenvalue weighted by Gasteiger charge is 2.50. The van der Waals surface area contributed by atoms with Crippen LogP contribution < -0.4 is 5.32 Å². The maximum atomic E-state index is 13.3. The Kier molecular flexibility index (Phi) is 5.20. The van der Waals surface area contributed by atoms with Crippen LogP contribution in [0.1, 0.15) is 57.7 Å². The van der Waals surface area contributed by atoms with Gasteiger partial charge in [-0.25, -0.2) is 9.78 Å². The number of amides is 1. The molecule has 1 atom stereocenters. The van der Waals surface area contributed by atoms with Crippen molar-refractivity contribution in [2.45, 2.75) is 58.0 Å². The van der Waals surface area contributed by atoms with E-state index in [1.807, 2.05) is 0 Å². The molecule has 32 heavy (non-hydrogen) atoms. The molecule has 2 aromatic rings. The summed E-state index contributed by atoms with van der Waals surface area (Å²) in [5.74, 6) is 0.403. The van der Waals surface area contributed by atoms with E-state index in [2.05, 4.69) is 37.7 Å². The van der Waals surface area contributed by atoms with Gasteiger partial charge in [-0.1, -0.05) is 0 Å². The van der Waals surface area contributed by atoms with Gasteiger partial charge in [0.25, 0.3) is 0 Å². The first-order valence-corrected chi connectivity index (χ1v) is 11.0. The molecule has 4 heterocycles. The Balaban J connectivity index is 1.18. The van der Waals surface area contributed by atoms with Crippen molar-refractivity contribution in [2.24, 2.45) is 5.41 Å². The first kappa shape index (κ1) is 20.7. The minimum atomic E-state index is -0.315. The topological polar surface area (TPSA) is 128 Å². The van der Waals surface area contributed by atoms with Crippen LogP contribution >= 0.6 is 0 Å². The van der Waals surface area contributed by atoms with Crippen molar-refractivity contribution in [3.05, 3.63) is 35.7 Å². The van der Waals surface area contributed by atoms with Crippen molar-refractivity contribution in [1.29, 1.82) is 0 Å². The lowest BCUT2D eigenvalue weighted by molar-refractivity contribution is -0.138. The predicted molar refractivity (Wildman–Crippen MR) is 111 cm³/mol. The van der Waals surface area contributed by atoms with Crippen molar-refractivity contribution in [1.82, 2.24) is 40.4 Å². The summed E-state index contributed by atoms with van der Waals surface area (Å²) < 4.78 is 6.57. The molecule has 1 unspecified atom stereocenters. The van der Waals surface area contributed by atoms with Gasteiger partial charge in [0.05, 0.1) is 34.8 Å². The number of likely N-dealkylation sites (tertiary alicyclic amines) is 1. The highest BCUT2D eigenvalue weighted by Crippen LogP contribution is 2.46. The summed E-state index contributed by atoms with van der Waals surface area (Å²) >= 11 is 0. The molecule has 0 aromatic carbocycles. The molecule has 1 saturated heterocycles. The number of nitrogens with zero attached hydrogens (tertiary/aromatic N) is 7. The van der Waals surface area contributed by atoms with Gasteiger partial charge in [0.1, 0.15) is 12.9 Å². The molecule has 1 spiro atoms. The summed E-state index contributed by atoms with van der Waals surface area (Å²) in [6.07, 6.45) is 9.24. The van der Waals surface area contributed by atoms with E-state index >= 15 is 0 Å². The fourth-order valence-corrected chi connectivity index (χ4v) is 5.01. The maximum Gasteiger partial charge on any atom is 0.336 e. The number of hydrogen-bond donors (Lipinski definition) is 1. The number of carbonyl (C=O) groups excluding carboxylic acids is 2. The highest BCUT2D eigenvalue weighted by atomic mass is 16.5. The minimum Gasteiger partial charge on any atom is -0.456 e. The average molecular weight is 438 g/mol. The van der Waals surface area contributed by atoms with Gasteiger partial charge in [-0.15, -0.1) is 5.10 Å². The summed E-state index contributed by atoms with van der Waals surface area (Å²) in [6, 6.07) is 0.352. The zero-order chi connectivity index (χ0) is 22.3. The van der Waals surface area contributed by atoms with Gasteiger partial charge in [0, 0.05) is 18.6 Å². The van der Waals surface area contributed by atoms with Gasteiger partial charge in [0.15, 0.2) is 5.82 Å². The smallest absolute Gasteiger partial charge is 0.336 e. The van der Waals surface area contributed by atoms with Crippen molar-refractivity contribution < 1.29 is 14.3 Å². The number of esters is 1. The zero-order valence-corrected chi connectivity index (χ0v) is 18.2. The van der Waals surface area contributed by atoms with Gasteiger partial charge < -0.3 is 15.0 Å². The Morgan fingerprint density at radius 2 is 2.00 bits per heavy atom. The van der Waals surface area contributed by atoms with Gasteiger partial charge in [-0.2, -0.15) is 4.68 Å². The van der Waals surface area contributed by atoms with Crippen molar-refractivity contribution in [3.63, 3.8) is 0 Å². The largest absolute Gasteiger partial charge is 0.456 e. The number of aromatic nitrogens is 6. The molecule has 1 saturated carbocycles. The Morgan fingerprint density at radius 3 is 2.62 bits per heavy atom. The Hall–Kier alpha value is -3.21. The summed E-state index contributed by atoms with van der Waals surface area (Å²) in [5, 5.41) is 14.7. The van der Waals surface area contributed by atoms with Crippen molar-refractivity contribution in [2.75, 3.05) is 13.2 Å². The number of tetrazole rings is 1. The lowest BCUT2D eigenvalue weighted by Crippen LogP contribution is -2.42. The van der Waals surface area contributed by atoms with E-state index in [4.69, 9.17) is 4.74 Å². The molecular weight excluding hydrogens is 412 g/mol. The van der Waals surface area contributed by atoms with Crippen LogP contribution in [0.25, 0.3) is 5.82 Å². The van der Waals surface area contributed by atoms with E-state index in [9.17, 15) is 9.59 Å². The number of cyclic esters (lactones) is 1. The number of ether oxygens (including phenoxy) is 1. The van der Waals surface area contributed by atoms with Crippen LogP contribution in [-0.2, 0) is 14.3 Å². The third kappa shape index (κ3) is 3.56. The van der Waals surface area contributed by atoms with E-state index in [1.54, 1.807) is 24.2 Å². The molecule has 2 fully saturated rings. The van der Waals surface area contributed by atoms with Crippen molar-refractivity contribution >= 4 is 11.9 Å². The fourth-order valence-electron chi connectivity index (χ4n) is 5.01. The molecule has 11 heteroatoms. The first-order valence-electron chi connectivity index (χ1n) is 11.0. The van der Waals surface area contributed by atoms with Gasteiger partial charge in [-0.3, -0.25) is 9.78 Å². The lowest BCUT2D eigenvalue weighted by atomic mass is 9.71. The molecule has 2 aromatic heterocycles. The molecule has 1 amide bonds. The van der Waals surface area contributed by atoms with Crippen LogP contribution in [0.4, 0.5) is 0 Å². The van der Waals surface area contributed by atoms with Crippen LogP contribution in [-0.4, -0.2) is 66.1 Å². The minimum absolute atomic E-state index is 0.0368. The first-order chi connectivity index (χ1) is 15.5. The molecule has 0 radical (unpaired) electrons. The van der Waals surface area contributed by atoms with E-state index in [0.717, 1.165) is 43.5 Å². The standard InChI is InChI=1S/C21H26N8O3/c1-13-17(11-32-19(13)30)28-8-7-21(20(28)31)5-3-15(4-6-21)25-14(2)16-9-23-18(10-22-16)29-12-24-26-27-29/h9-10,12,14-15,25H,3-8,11H2,1-2H3/t14?,15-,21-. The second kappa shape index (κ2) is 8.05. The quantitative estimate of drug-likeness (QED) is 0.682. The Morgan fingerprint density at radius 1 is 1.19 bits per heavy atom. The molecule has 168 valence electrons.